The van der Waals surface area contributed by atoms with Crippen molar-refractivity contribution in [3.63, 3.8) is 0 Å². The molecule has 88 valence electrons. The third-order valence-corrected chi connectivity index (χ3v) is 2.29. The molecule has 0 aromatic heterocycles. The second-order valence-electron chi connectivity index (χ2n) is 3.46. The number of nitrogens with one attached hydrogen (secondary N) is 1. The molecule has 5 heteroatoms. The first kappa shape index (κ1) is 12.6. The molecule has 0 saturated heterocycles. The lowest BCUT2D eigenvalue weighted by atomic mass is 9.98. The summed E-state index contributed by atoms with van der Waals surface area (Å²) in [6.07, 6.45) is -2.25. The van der Waals surface area contributed by atoms with Crippen molar-refractivity contribution >= 4 is 5.97 Å². The molecule has 16 heavy (non-hydrogen) atoms. The molecule has 0 heterocycles. The molecule has 1 aromatic rings. The molecule has 4 N–H and O–H groups in total. The number of hydrogen-bond donors (Lipinski definition) is 4. The SMILES string of the molecule is CNCC(O)C(O)c1ccccc1C(=O)O. The molecule has 0 aliphatic rings. The first-order valence-electron chi connectivity index (χ1n) is 4.91. The van der Waals surface area contributed by atoms with Gasteiger partial charge in [-0.2, -0.15) is 0 Å². The Labute approximate surface area is 93.4 Å². The molecule has 0 radical (unpaired) electrons. The van der Waals surface area contributed by atoms with Gasteiger partial charge in [-0.05, 0) is 18.7 Å². The van der Waals surface area contributed by atoms with Crippen molar-refractivity contribution in [1.29, 1.82) is 0 Å². The van der Waals surface area contributed by atoms with Gasteiger partial charge in [0.25, 0.3) is 0 Å². The van der Waals surface area contributed by atoms with Crippen LogP contribution in [-0.2, 0) is 0 Å². The van der Waals surface area contributed by atoms with E-state index in [0.29, 0.717) is 0 Å². The number of aliphatic hydroxyl groups excluding tert-OH is 2. The van der Waals surface area contributed by atoms with Crippen LogP contribution in [0, 0.1) is 0 Å². The Morgan fingerprint density at radius 1 is 1.38 bits per heavy atom. The summed E-state index contributed by atoms with van der Waals surface area (Å²) in [4.78, 5) is 10.9. The second-order valence-corrected chi connectivity index (χ2v) is 3.46. The Morgan fingerprint density at radius 2 is 2.00 bits per heavy atom. The Hall–Kier alpha value is -1.43. The number of hydrogen-bond acceptors (Lipinski definition) is 4. The fraction of sp³-hybridized carbons (Fsp3) is 0.364. The van der Waals surface area contributed by atoms with Crippen LogP contribution in [0.15, 0.2) is 24.3 Å². The quantitative estimate of drug-likeness (QED) is 0.566. The normalized spacial score (nSPS) is 14.4. The van der Waals surface area contributed by atoms with Gasteiger partial charge in [-0.15, -0.1) is 0 Å². The highest BCUT2D eigenvalue weighted by molar-refractivity contribution is 5.89. The van der Waals surface area contributed by atoms with E-state index in [-0.39, 0.29) is 17.7 Å². The molecular formula is C11H15NO4. The van der Waals surface area contributed by atoms with Crippen LogP contribution in [0.5, 0.6) is 0 Å². The van der Waals surface area contributed by atoms with Gasteiger partial charge in [0.2, 0.25) is 0 Å². The van der Waals surface area contributed by atoms with Crippen molar-refractivity contribution in [2.24, 2.45) is 0 Å². The largest absolute Gasteiger partial charge is 0.478 e. The van der Waals surface area contributed by atoms with Gasteiger partial charge in [0.15, 0.2) is 0 Å². The molecule has 5 nitrogen and oxygen atoms in total. The zero-order valence-corrected chi connectivity index (χ0v) is 8.92. The Kier molecular flexibility index (Phi) is 4.42. The third-order valence-electron chi connectivity index (χ3n) is 2.29. The lowest BCUT2D eigenvalue weighted by molar-refractivity contribution is 0.0192. The zero-order chi connectivity index (χ0) is 12.1. The number of rotatable bonds is 5. The lowest BCUT2D eigenvalue weighted by Gasteiger charge is -2.19. The van der Waals surface area contributed by atoms with E-state index in [4.69, 9.17) is 5.11 Å². The Bertz CT molecular complexity index is 367. The maximum atomic E-state index is 10.9. The second kappa shape index (κ2) is 5.60. The summed E-state index contributed by atoms with van der Waals surface area (Å²) in [6, 6.07) is 6.08. The molecule has 1 aromatic carbocycles. The fourth-order valence-electron chi connectivity index (χ4n) is 1.48. The van der Waals surface area contributed by atoms with E-state index in [1.54, 1.807) is 19.2 Å². The number of carboxylic acid groups (broad SMARTS) is 1. The summed E-state index contributed by atoms with van der Waals surface area (Å²) in [6.45, 7) is 0.190. The fourth-order valence-corrected chi connectivity index (χ4v) is 1.48. The summed E-state index contributed by atoms with van der Waals surface area (Å²) in [5, 5.41) is 31.0. The summed E-state index contributed by atoms with van der Waals surface area (Å²) in [5.74, 6) is -1.12. The monoisotopic (exact) mass is 225 g/mol. The maximum absolute atomic E-state index is 10.9. The van der Waals surface area contributed by atoms with Crippen LogP contribution in [0.1, 0.15) is 22.0 Å². The molecule has 0 spiro atoms. The van der Waals surface area contributed by atoms with E-state index in [1.807, 2.05) is 0 Å². The van der Waals surface area contributed by atoms with Gasteiger partial charge < -0.3 is 20.6 Å². The summed E-state index contributed by atoms with van der Waals surface area (Å²) < 4.78 is 0. The summed E-state index contributed by atoms with van der Waals surface area (Å²) in [7, 11) is 1.64. The first-order chi connectivity index (χ1) is 7.57. The van der Waals surface area contributed by atoms with Crippen LogP contribution in [0.2, 0.25) is 0 Å². The van der Waals surface area contributed by atoms with Gasteiger partial charge in [0, 0.05) is 6.54 Å². The highest BCUT2D eigenvalue weighted by Crippen LogP contribution is 2.20. The van der Waals surface area contributed by atoms with E-state index in [0.717, 1.165) is 0 Å². The zero-order valence-electron chi connectivity index (χ0n) is 8.92. The molecule has 2 unspecified atom stereocenters. The van der Waals surface area contributed by atoms with Gasteiger partial charge >= 0.3 is 5.97 Å². The van der Waals surface area contributed by atoms with Crippen LogP contribution in [0.4, 0.5) is 0 Å². The van der Waals surface area contributed by atoms with Crippen molar-refractivity contribution in [1.82, 2.24) is 5.32 Å². The standard InChI is InChI=1S/C11H15NO4/c1-12-6-9(13)10(14)7-4-2-3-5-8(7)11(15)16/h2-5,9-10,12-14H,6H2,1H3,(H,15,16). The first-order valence-corrected chi connectivity index (χ1v) is 4.91. The number of likely N-dealkylation sites (N-methyl/N-ethyl adjacent to an activating group) is 1. The molecule has 0 saturated carbocycles. The van der Waals surface area contributed by atoms with Gasteiger partial charge in [-0.1, -0.05) is 18.2 Å². The summed E-state index contributed by atoms with van der Waals surface area (Å²) >= 11 is 0. The average Bonchev–Trinajstić information content (AvgIpc) is 2.28. The number of aromatic carboxylic acids is 1. The number of carbonyl (C=O) groups is 1. The molecule has 2 atom stereocenters. The van der Waals surface area contributed by atoms with Crippen LogP contribution >= 0.6 is 0 Å². The number of aliphatic hydroxyl groups is 2. The van der Waals surface area contributed by atoms with Crippen LogP contribution in [-0.4, -0.2) is 41.0 Å². The highest BCUT2D eigenvalue weighted by Gasteiger charge is 2.22. The molecule has 1 rings (SSSR count). The van der Waals surface area contributed by atoms with Crippen molar-refractivity contribution < 1.29 is 20.1 Å². The molecule has 0 amide bonds. The molecule has 0 bridgehead atoms. The van der Waals surface area contributed by atoms with Gasteiger partial charge in [-0.25, -0.2) is 4.79 Å². The minimum Gasteiger partial charge on any atom is -0.478 e. The number of benzene rings is 1. The van der Waals surface area contributed by atoms with Crippen molar-refractivity contribution in [2.75, 3.05) is 13.6 Å². The van der Waals surface area contributed by atoms with E-state index in [2.05, 4.69) is 5.32 Å². The predicted octanol–water partition coefficient (Wildman–Crippen LogP) is -0.00150. The molecular weight excluding hydrogens is 210 g/mol. The van der Waals surface area contributed by atoms with Crippen molar-refractivity contribution in [3.05, 3.63) is 35.4 Å². The van der Waals surface area contributed by atoms with Crippen LogP contribution in [0.3, 0.4) is 0 Å². The van der Waals surface area contributed by atoms with Crippen molar-refractivity contribution in [3.8, 4) is 0 Å². The summed E-state index contributed by atoms with van der Waals surface area (Å²) in [5.41, 5.74) is 0.225. The van der Waals surface area contributed by atoms with E-state index < -0.39 is 18.2 Å². The molecule has 0 aliphatic carbocycles. The third kappa shape index (κ3) is 2.79. The average molecular weight is 225 g/mol. The van der Waals surface area contributed by atoms with Gasteiger partial charge in [0.05, 0.1) is 11.7 Å². The number of carboxylic acids is 1. The highest BCUT2D eigenvalue weighted by atomic mass is 16.4. The van der Waals surface area contributed by atoms with E-state index >= 15 is 0 Å². The van der Waals surface area contributed by atoms with E-state index in [1.165, 1.54) is 12.1 Å². The minimum atomic E-state index is -1.21. The lowest BCUT2D eigenvalue weighted by Crippen LogP contribution is -2.30. The van der Waals surface area contributed by atoms with Crippen LogP contribution in [0.25, 0.3) is 0 Å². The van der Waals surface area contributed by atoms with Crippen LogP contribution < -0.4 is 5.32 Å². The topological polar surface area (TPSA) is 89.8 Å². The minimum absolute atomic E-state index is 0.00477. The molecule has 0 fully saturated rings. The Morgan fingerprint density at radius 3 is 2.56 bits per heavy atom. The van der Waals surface area contributed by atoms with Gasteiger partial charge in [-0.3, -0.25) is 0 Å². The van der Waals surface area contributed by atoms with Gasteiger partial charge in [0.1, 0.15) is 6.10 Å². The Balaban J connectivity index is 2.98. The predicted molar refractivity (Wildman–Crippen MR) is 58.3 cm³/mol. The molecule has 0 aliphatic heterocycles. The smallest absolute Gasteiger partial charge is 0.336 e. The maximum Gasteiger partial charge on any atom is 0.336 e. The van der Waals surface area contributed by atoms with Crippen molar-refractivity contribution in [2.45, 2.75) is 12.2 Å². The van der Waals surface area contributed by atoms with E-state index in [9.17, 15) is 15.0 Å².